The van der Waals surface area contributed by atoms with Crippen molar-refractivity contribution in [1.82, 2.24) is 10.6 Å². The van der Waals surface area contributed by atoms with E-state index in [-0.39, 0.29) is 12.1 Å². The Balaban J connectivity index is 2.41. The van der Waals surface area contributed by atoms with Crippen molar-refractivity contribution in [1.29, 1.82) is 0 Å². The average Bonchev–Trinajstić information content (AvgIpc) is 2.82. The molecule has 0 bridgehead atoms. The molecule has 0 aromatic heterocycles. The smallest absolute Gasteiger partial charge is 0.315 e. The molecule has 1 saturated carbocycles. The SMILES string of the molecule is CCCCC(CC)CNC(=O)NC1CCCC1(C)C(=O)O. The summed E-state index contributed by atoms with van der Waals surface area (Å²) in [7, 11) is 0. The van der Waals surface area contributed by atoms with E-state index < -0.39 is 11.4 Å². The zero-order valence-electron chi connectivity index (χ0n) is 13.6. The van der Waals surface area contributed by atoms with Crippen molar-refractivity contribution in [3.05, 3.63) is 0 Å². The molecule has 1 aliphatic rings. The molecule has 0 heterocycles. The third-order valence-electron chi connectivity index (χ3n) is 4.85. The molecule has 122 valence electrons. The molecule has 1 fully saturated rings. The number of carbonyl (C=O) groups excluding carboxylic acids is 1. The minimum atomic E-state index is -0.830. The van der Waals surface area contributed by atoms with Gasteiger partial charge >= 0.3 is 12.0 Å². The van der Waals surface area contributed by atoms with Gasteiger partial charge in [0.25, 0.3) is 0 Å². The van der Waals surface area contributed by atoms with Gasteiger partial charge in [-0.2, -0.15) is 0 Å². The van der Waals surface area contributed by atoms with Crippen LogP contribution in [0.3, 0.4) is 0 Å². The minimum absolute atomic E-state index is 0.232. The van der Waals surface area contributed by atoms with Crippen LogP contribution in [0.15, 0.2) is 0 Å². The monoisotopic (exact) mass is 298 g/mol. The second kappa shape index (κ2) is 8.25. The highest BCUT2D eigenvalue weighted by Gasteiger charge is 2.45. The second-order valence-electron chi connectivity index (χ2n) is 6.44. The van der Waals surface area contributed by atoms with Gasteiger partial charge in [0.2, 0.25) is 0 Å². The van der Waals surface area contributed by atoms with Gasteiger partial charge < -0.3 is 15.7 Å². The molecule has 3 atom stereocenters. The quantitative estimate of drug-likeness (QED) is 0.644. The average molecular weight is 298 g/mol. The number of carbonyl (C=O) groups is 2. The maximum atomic E-state index is 12.0. The lowest BCUT2D eigenvalue weighted by atomic mass is 9.85. The van der Waals surface area contributed by atoms with E-state index in [0.29, 0.717) is 18.9 Å². The number of carboxylic acids is 1. The first kappa shape index (κ1) is 17.8. The van der Waals surface area contributed by atoms with Gasteiger partial charge in [-0.05, 0) is 32.1 Å². The summed E-state index contributed by atoms with van der Waals surface area (Å²) in [6, 6.07) is -0.505. The Morgan fingerprint density at radius 1 is 1.38 bits per heavy atom. The van der Waals surface area contributed by atoms with Crippen LogP contribution in [0, 0.1) is 11.3 Å². The van der Waals surface area contributed by atoms with Crippen molar-refractivity contribution in [2.24, 2.45) is 11.3 Å². The van der Waals surface area contributed by atoms with E-state index in [1.165, 1.54) is 12.8 Å². The second-order valence-corrected chi connectivity index (χ2v) is 6.44. The van der Waals surface area contributed by atoms with Gasteiger partial charge in [-0.1, -0.05) is 39.5 Å². The summed E-state index contributed by atoms with van der Waals surface area (Å²) in [5, 5.41) is 15.1. The Bertz CT molecular complexity index is 359. The summed E-state index contributed by atoms with van der Waals surface area (Å²) >= 11 is 0. The summed E-state index contributed by atoms with van der Waals surface area (Å²) in [6.07, 6.45) is 6.75. The van der Waals surface area contributed by atoms with Gasteiger partial charge in [-0.3, -0.25) is 4.79 Å². The standard InChI is InChI=1S/C16H30N2O3/c1-4-6-8-12(5-2)11-17-15(21)18-13-9-7-10-16(13,3)14(19)20/h12-13H,4-11H2,1-3H3,(H,19,20)(H2,17,18,21). The van der Waals surface area contributed by atoms with Gasteiger partial charge in [0.1, 0.15) is 0 Å². The number of hydrogen-bond donors (Lipinski definition) is 3. The Morgan fingerprint density at radius 3 is 2.67 bits per heavy atom. The zero-order chi connectivity index (χ0) is 15.9. The molecular weight excluding hydrogens is 268 g/mol. The van der Waals surface area contributed by atoms with Crippen molar-refractivity contribution in [2.75, 3.05) is 6.54 Å². The predicted molar refractivity (Wildman–Crippen MR) is 83.2 cm³/mol. The van der Waals surface area contributed by atoms with Crippen LogP contribution in [0.25, 0.3) is 0 Å². The summed E-state index contributed by atoms with van der Waals surface area (Å²) in [4.78, 5) is 23.4. The van der Waals surface area contributed by atoms with Crippen LogP contribution >= 0.6 is 0 Å². The zero-order valence-corrected chi connectivity index (χ0v) is 13.6. The molecular formula is C16H30N2O3. The molecule has 2 amide bonds. The lowest BCUT2D eigenvalue weighted by molar-refractivity contribution is -0.148. The Morgan fingerprint density at radius 2 is 2.10 bits per heavy atom. The van der Waals surface area contributed by atoms with Gasteiger partial charge in [0.05, 0.1) is 5.41 Å². The van der Waals surface area contributed by atoms with Gasteiger partial charge in [0, 0.05) is 12.6 Å². The van der Waals surface area contributed by atoms with Crippen molar-refractivity contribution < 1.29 is 14.7 Å². The number of aliphatic carboxylic acids is 1. The Hall–Kier alpha value is -1.26. The van der Waals surface area contributed by atoms with Gasteiger partial charge in [-0.25, -0.2) is 4.79 Å². The van der Waals surface area contributed by atoms with E-state index in [4.69, 9.17) is 0 Å². The molecule has 0 aliphatic heterocycles. The molecule has 0 aromatic carbocycles. The van der Waals surface area contributed by atoms with Gasteiger partial charge in [0.15, 0.2) is 0 Å². The van der Waals surface area contributed by atoms with Crippen LogP contribution < -0.4 is 10.6 Å². The normalized spacial score (nSPS) is 26.3. The van der Waals surface area contributed by atoms with Crippen LogP contribution in [0.1, 0.15) is 65.7 Å². The first-order valence-electron chi connectivity index (χ1n) is 8.21. The van der Waals surface area contributed by atoms with E-state index in [1.807, 2.05) is 0 Å². The molecule has 0 aromatic rings. The summed E-state index contributed by atoms with van der Waals surface area (Å²) in [6.45, 7) is 6.69. The maximum Gasteiger partial charge on any atom is 0.315 e. The Kier molecular flexibility index (Phi) is 6.99. The molecule has 3 unspecified atom stereocenters. The fraction of sp³-hybridized carbons (Fsp3) is 0.875. The first-order valence-corrected chi connectivity index (χ1v) is 8.21. The molecule has 1 aliphatic carbocycles. The van der Waals surface area contributed by atoms with Crippen LogP contribution in [0.4, 0.5) is 4.79 Å². The third-order valence-corrected chi connectivity index (χ3v) is 4.85. The number of hydrogen-bond acceptors (Lipinski definition) is 2. The minimum Gasteiger partial charge on any atom is -0.481 e. The summed E-state index contributed by atoms with van der Waals surface area (Å²) < 4.78 is 0. The largest absolute Gasteiger partial charge is 0.481 e. The predicted octanol–water partition coefficient (Wildman–Crippen LogP) is 3.15. The summed E-state index contributed by atoms with van der Waals surface area (Å²) in [5.41, 5.74) is -0.830. The maximum absolute atomic E-state index is 12.0. The molecule has 21 heavy (non-hydrogen) atoms. The van der Waals surface area contributed by atoms with Crippen molar-refractivity contribution in [3.8, 4) is 0 Å². The van der Waals surface area contributed by atoms with E-state index in [0.717, 1.165) is 25.7 Å². The molecule has 0 saturated heterocycles. The van der Waals surface area contributed by atoms with Crippen LogP contribution in [-0.2, 0) is 4.79 Å². The number of unbranched alkanes of at least 4 members (excludes halogenated alkanes) is 1. The number of nitrogens with one attached hydrogen (secondary N) is 2. The third kappa shape index (κ3) is 4.90. The van der Waals surface area contributed by atoms with Crippen molar-refractivity contribution in [2.45, 2.75) is 71.8 Å². The topological polar surface area (TPSA) is 78.4 Å². The number of rotatable bonds is 8. The molecule has 1 rings (SSSR count). The molecule has 0 radical (unpaired) electrons. The molecule has 5 heteroatoms. The highest BCUT2D eigenvalue weighted by Crippen LogP contribution is 2.38. The highest BCUT2D eigenvalue weighted by molar-refractivity contribution is 5.79. The molecule has 5 nitrogen and oxygen atoms in total. The van der Waals surface area contributed by atoms with E-state index >= 15 is 0 Å². The van der Waals surface area contributed by atoms with Crippen molar-refractivity contribution in [3.63, 3.8) is 0 Å². The number of amides is 2. The van der Waals surface area contributed by atoms with E-state index in [2.05, 4.69) is 24.5 Å². The number of urea groups is 1. The lowest BCUT2D eigenvalue weighted by Gasteiger charge is -2.28. The fourth-order valence-electron chi connectivity index (χ4n) is 3.04. The molecule has 0 spiro atoms. The first-order chi connectivity index (χ1) is 9.93. The number of carboxylic acid groups (broad SMARTS) is 1. The van der Waals surface area contributed by atoms with Crippen LogP contribution in [0.2, 0.25) is 0 Å². The van der Waals surface area contributed by atoms with Crippen LogP contribution in [0.5, 0.6) is 0 Å². The summed E-state index contributed by atoms with van der Waals surface area (Å²) in [5.74, 6) is -0.315. The van der Waals surface area contributed by atoms with Gasteiger partial charge in [-0.15, -0.1) is 0 Å². The lowest BCUT2D eigenvalue weighted by Crippen LogP contribution is -2.50. The van der Waals surface area contributed by atoms with Crippen LogP contribution in [-0.4, -0.2) is 29.7 Å². The highest BCUT2D eigenvalue weighted by atomic mass is 16.4. The fourth-order valence-corrected chi connectivity index (χ4v) is 3.04. The molecule has 3 N–H and O–H groups in total. The Labute approximate surface area is 127 Å². The van der Waals surface area contributed by atoms with E-state index in [9.17, 15) is 14.7 Å². The van der Waals surface area contributed by atoms with Crippen molar-refractivity contribution >= 4 is 12.0 Å². The van der Waals surface area contributed by atoms with E-state index in [1.54, 1.807) is 6.92 Å².